The van der Waals surface area contributed by atoms with Gasteiger partial charge in [-0.05, 0) is 12.1 Å². The maximum Gasteiger partial charge on any atom is 0.229 e. The summed E-state index contributed by atoms with van der Waals surface area (Å²) >= 11 is 0. The molecule has 1 aromatic heterocycles. The molecule has 0 unspecified atom stereocenters. The van der Waals surface area contributed by atoms with Gasteiger partial charge >= 0.3 is 0 Å². The molecule has 0 saturated carbocycles. The predicted molar refractivity (Wildman–Crippen MR) is 57.0 cm³/mol. The van der Waals surface area contributed by atoms with E-state index >= 15 is 0 Å². The number of hydrogen-bond donors (Lipinski definition) is 1. The van der Waals surface area contributed by atoms with Crippen LogP contribution in [0.3, 0.4) is 0 Å². The molecule has 1 N–H and O–H groups in total. The number of anilines is 1. The summed E-state index contributed by atoms with van der Waals surface area (Å²) in [5.74, 6) is 0. The number of rotatable bonds is 2. The molecule has 2 rings (SSSR count). The largest absolute Gasteiger partial charge is 0.281 e. The highest BCUT2D eigenvalue weighted by molar-refractivity contribution is 7.92. The third-order valence-corrected chi connectivity index (χ3v) is 2.53. The Morgan fingerprint density at radius 1 is 1.40 bits per heavy atom. The average Bonchev–Trinajstić information content (AvgIpc) is 2.47. The third kappa shape index (κ3) is 1.91. The number of sulfonamides is 1. The van der Waals surface area contributed by atoms with Crippen molar-refractivity contribution in [1.29, 1.82) is 0 Å². The number of hydrogen-bond acceptors (Lipinski definition) is 4. The van der Waals surface area contributed by atoms with Crippen LogP contribution >= 0.6 is 0 Å². The summed E-state index contributed by atoms with van der Waals surface area (Å²) in [7, 11) is -1.54. The SMILES string of the molecule is Cn1nnc2c(NS(C)(=O)=O)cccc21. The first-order valence-electron chi connectivity index (χ1n) is 4.23. The first-order valence-corrected chi connectivity index (χ1v) is 6.13. The summed E-state index contributed by atoms with van der Waals surface area (Å²) in [5, 5.41) is 7.71. The van der Waals surface area contributed by atoms with Crippen LogP contribution in [0, 0.1) is 0 Å². The second-order valence-electron chi connectivity index (χ2n) is 3.26. The van der Waals surface area contributed by atoms with E-state index in [1.54, 1.807) is 23.9 Å². The lowest BCUT2D eigenvalue weighted by Gasteiger charge is -2.03. The maximum absolute atomic E-state index is 11.1. The molecule has 2 aromatic rings. The second kappa shape index (κ2) is 3.20. The van der Waals surface area contributed by atoms with Gasteiger partial charge in [-0.1, -0.05) is 11.3 Å². The van der Waals surface area contributed by atoms with E-state index in [0.29, 0.717) is 11.2 Å². The number of nitrogens with zero attached hydrogens (tertiary/aromatic N) is 3. The van der Waals surface area contributed by atoms with E-state index in [2.05, 4.69) is 15.0 Å². The van der Waals surface area contributed by atoms with Gasteiger partial charge in [0.1, 0.15) is 5.52 Å². The van der Waals surface area contributed by atoms with Gasteiger partial charge in [-0.2, -0.15) is 0 Å². The van der Waals surface area contributed by atoms with Crippen molar-refractivity contribution < 1.29 is 8.42 Å². The van der Waals surface area contributed by atoms with Gasteiger partial charge in [-0.3, -0.25) is 4.72 Å². The molecule has 6 nitrogen and oxygen atoms in total. The van der Waals surface area contributed by atoms with Gasteiger partial charge in [0, 0.05) is 7.05 Å². The van der Waals surface area contributed by atoms with Crippen molar-refractivity contribution in [2.75, 3.05) is 11.0 Å². The Bertz CT molecular complexity index is 602. The average molecular weight is 226 g/mol. The summed E-state index contributed by atoms with van der Waals surface area (Å²) < 4.78 is 26.2. The summed E-state index contributed by atoms with van der Waals surface area (Å²) in [6.07, 6.45) is 1.10. The molecule has 0 saturated heterocycles. The molecule has 0 amide bonds. The molecule has 7 heteroatoms. The Labute approximate surface area is 86.9 Å². The van der Waals surface area contributed by atoms with E-state index in [9.17, 15) is 8.42 Å². The number of fused-ring (bicyclic) bond motifs is 1. The highest BCUT2D eigenvalue weighted by Gasteiger charge is 2.09. The predicted octanol–water partition coefficient (Wildman–Crippen LogP) is 0.340. The molecule has 0 bridgehead atoms. The zero-order chi connectivity index (χ0) is 11.1. The monoisotopic (exact) mass is 226 g/mol. The van der Waals surface area contributed by atoms with Crippen LogP contribution in [0.2, 0.25) is 0 Å². The van der Waals surface area contributed by atoms with Crippen LogP contribution < -0.4 is 4.72 Å². The van der Waals surface area contributed by atoms with Crippen molar-refractivity contribution in [1.82, 2.24) is 15.0 Å². The first-order chi connectivity index (χ1) is 6.97. The van der Waals surface area contributed by atoms with Crippen LogP contribution in [0.4, 0.5) is 5.69 Å². The fourth-order valence-electron chi connectivity index (χ4n) is 1.34. The molecule has 0 radical (unpaired) electrons. The van der Waals surface area contributed by atoms with Crippen molar-refractivity contribution in [3.05, 3.63) is 18.2 Å². The smallest absolute Gasteiger partial charge is 0.229 e. The molecule has 0 fully saturated rings. The first kappa shape index (κ1) is 9.91. The van der Waals surface area contributed by atoms with E-state index in [1.807, 2.05) is 6.07 Å². The number of aryl methyl sites for hydroxylation is 1. The fraction of sp³-hybridized carbons (Fsp3) is 0.250. The van der Waals surface area contributed by atoms with Gasteiger partial charge in [-0.15, -0.1) is 5.10 Å². The van der Waals surface area contributed by atoms with Crippen molar-refractivity contribution in [2.24, 2.45) is 7.05 Å². The molecule has 1 aromatic carbocycles. The van der Waals surface area contributed by atoms with Crippen molar-refractivity contribution in [3.8, 4) is 0 Å². The van der Waals surface area contributed by atoms with E-state index in [4.69, 9.17) is 0 Å². The summed E-state index contributed by atoms with van der Waals surface area (Å²) in [6, 6.07) is 5.22. The lowest BCUT2D eigenvalue weighted by molar-refractivity contribution is 0.607. The maximum atomic E-state index is 11.1. The van der Waals surface area contributed by atoms with Crippen molar-refractivity contribution in [2.45, 2.75) is 0 Å². The van der Waals surface area contributed by atoms with Gasteiger partial charge in [0.25, 0.3) is 0 Å². The molecule has 0 aliphatic carbocycles. The summed E-state index contributed by atoms with van der Waals surface area (Å²) in [5.41, 5.74) is 1.78. The quantitative estimate of drug-likeness (QED) is 0.801. The van der Waals surface area contributed by atoms with Crippen LogP contribution in [-0.2, 0) is 17.1 Å². The highest BCUT2D eigenvalue weighted by atomic mass is 32.2. The minimum absolute atomic E-state index is 0.447. The lowest BCUT2D eigenvalue weighted by Crippen LogP contribution is -2.09. The van der Waals surface area contributed by atoms with Crippen molar-refractivity contribution >= 4 is 26.7 Å². The summed E-state index contributed by atoms with van der Waals surface area (Å²) in [4.78, 5) is 0. The third-order valence-electron chi connectivity index (χ3n) is 1.94. The number of benzene rings is 1. The molecular formula is C8H10N4O2S. The van der Waals surface area contributed by atoms with Crippen LogP contribution in [0.1, 0.15) is 0 Å². The van der Waals surface area contributed by atoms with E-state index < -0.39 is 10.0 Å². The molecule has 80 valence electrons. The van der Waals surface area contributed by atoms with E-state index in [1.165, 1.54) is 0 Å². The van der Waals surface area contributed by atoms with Gasteiger partial charge in [0.05, 0.1) is 17.5 Å². The normalized spacial score (nSPS) is 11.9. The van der Waals surface area contributed by atoms with Gasteiger partial charge in [0.15, 0.2) is 0 Å². The Morgan fingerprint density at radius 2 is 2.13 bits per heavy atom. The summed E-state index contributed by atoms with van der Waals surface area (Å²) in [6.45, 7) is 0. The van der Waals surface area contributed by atoms with Crippen LogP contribution in [0.15, 0.2) is 18.2 Å². The molecular weight excluding hydrogens is 216 g/mol. The van der Waals surface area contributed by atoms with E-state index in [-0.39, 0.29) is 0 Å². The van der Waals surface area contributed by atoms with Crippen LogP contribution in [-0.4, -0.2) is 29.7 Å². The molecule has 1 heterocycles. The van der Waals surface area contributed by atoms with Crippen LogP contribution in [0.5, 0.6) is 0 Å². The molecule has 0 spiro atoms. The second-order valence-corrected chi connectivity index (χ2v) is 5.01. The van der Waals surface area contributed by atoms with E-state index in [0.717, 1.165) is 11.8 Å². The van der Waals surface area contributed by atoms with Crippen molar-refractivity contribution in [3.63, 3.8) is 0 Å². The minimum atomic E-state index is -3.29. The molecule has 0 aliphatic heterocycles. The molecule has 0 aliphatic rings. The Kier molecular flexibility index (Phi) is 2.11. The van der Waals surface area contributed by atoms with Gasteiger partial charge < -0.3 is 0 Å². The number of aromatic nitrogens is 3. The highest BCUT2D eigenvalue weighted by Crippen LogP contribution is 2.20. The zero-order valence-corrected chi connectivity index (χ0v) is 9.11. The molecule has 15 heavy (non-hydrogen) atoms. The standard InChI is InChI=1S/C8H10N4O2S/c1-12-7-5-3-4-6(8(7)9-11-12)10-15(2,13)14/h3-5,10H,1-2H3. The topological polar surface area (TPSA) is 76.9 Å². The Hall–Kier alpha value is -1.63. The fourth-order valence-corrected chi connectivity index (χ4v) is 1.90. The molecule has 0 atom stereocenters. The Balaban J connectivity index is 2.62. The van der Waals surface area contributed by atoms with Gasteiger partial charge in [0.2, 0.25) is 10.0 Å². The van der Waals surface area contributed by atoms with Crippen LogP contribution in [0.25, 0.3) is 11.0 Å². The Morgan fingerprint density at radius 3 is 2.80 bits per heavy atom. The minimum Gasteiger partial charge on any atom is -0.281 e. The zero-order valence-electron chi connectivity index (χ0n) is 8.30. The number of nitrogens with one attached hydrogen (secondary N) is 1. The lowest BCUT2D eigenvalue weighted by atomic mass is 10.3. The van der Waals surface area contributed by atoms with Gasteiger partial charge in [-0.25, -0.2) is 13.1 Å².